The minimum Gasteiger partial charge on any atom is -0.418 e. The van der Waals surface area contributed by atoms with Crippen molar-refractivity contribution in [2.24, 2.45) is 0 Å². The van der Waals surface area contributed by atoms with E-state index in [1.165, 1.54) is 38.5 Å². The summed E-state index contributed by atoms with van der Waals surface area (Å²) in [5, 5.41) is 8.47. The molecule has 94 valence electrons. The van der Waals surface area contributed by atoms with Crippen LogP contribution >= 0.6 is 0 Å². The van der Waals surface area contributed by atoms with Gasteiger partial charge in [0.1, 0.15) is 0 Å². The highest BCUT2D eigenvalue weighted by Crippen LogP contribution is 2.06. The van der Waals surface area contributed by atoms with Crippen molar-refractivity contribution in [3.8, 4) is 0 Å². The van der Waals surface area contributed by atoms with Crippen LogP contribution in [0.1, 0.15) is 51.9 Å². The quantitative estimate of drug-likeness (QED) is 0.398. The molecule has 0 radical (unpaired) electrons. The van der Waals surface area contributed by atoms with E-state index in [0.29, 0.717) is 6.61 Å². The third kappa shape index (κ3) is 41.7. The highest BCUT2D eigenvalue weighted by Gasteiger charge is 2.20. The number of rotatable bonds is 7. The second kappa shape index (κ2) is 11.8. The lowest BCUT2D eigenvalue weighted by atomic mass is 10.1. The van der Waals surface area contributed by atoms with Crippen LogP contribution in [0.5, 0.6) is 0 Å². The minimum atomic E-state index is -6.00. The molecule has 1 nitrogen and oxygen atoms in total. The Hall–Kier alpha value is -0.255. The van der Waals surface area contributed by atoms with Crippen LogP contribution in [-0.2, 0) is 0 Å². The van der Waals surface area contributed by atoms with Crippen molar-refractivity contribution in [2.45, 2.75) is 51.9 Å². The highest BCUT2D eigenvalue weighted by molar-refractivity contribution is 6.50. The fraction of sp³-hybridized carbons (Fsp3) is 1.00. The number of aliphatic hydroxyl groups excluding tert-OH is 1. The van der Waals surface area contributed by atoms with Crippen LogP contribution in [0, 0.1) is 0 Å². The van der Waals surface area contributed by atoms with E-state index >= 15 is 0 Å². The summed E-state index contributed by atoms with van der Waals surface area (Å²) >= 11 is 0. The van der Waals surface area contributed by atoms with Gasteiger partial charge in [0.15, 0.2) is 0 Å². The van der Waals surface area contributed by atoms with Crippen LogP contribution in [0.25, 0.3) is 0 Å². The fourth-order valence-corrected chi connectivity index (χ4v) is 1.07. The Morgan fingerprint density at radius 3 is 1.47 bits per heavy atom. The molecule has 0 atom stereocenters. The molecule has 15 heavy (non-hydrogen) atoms. The van der Waals surface area contributed by atoms with E-state index in [0.717, 1.165) is 6.42 Å². The van der Waals surface area contributed by atoms with Crippen molar-refractivity contribution in [3.63, 3.8) is 0 Å². The summed E-state index contributed by atoms with van der Waals surface area (Å²) in [6.45, 7) is 2.60. The summed E-state index contributed by atoms with van der Waals surface area (Å²) in [6.07, 6.45) is 8.93. The first kappa shape index (κ1) is 17.1. The maximum Gasteiger partial charge on any atom is 0.673 e. The van der Waals surface area contributed by atoms with Gasteiger partial charge in [-0.05, 0) is 6.42 Å². The van der Waals surface area contributed by atoms with E-state index in [1.54, 1.807) is 0 Å². The van der Waals surface area contributed by atoms with E-state index in [4.69, 9.17) is 5.11 Å². The van der Waals surface area contributed by atoms with Gasteiger partial charge in [-0.25, -0.2) is 0 Å². The second-order valence-corrected chi connectivity index (χ2v) is 3.34. The molecule has 0 bridgehead atoms. The molecule has 0 fully saturated rings. The minimum absolute atomic E-state index is 0.369. The lowest BCUT2D eigenvalue weighted by molar-refractivity contribution is 0.282. The molecule has 6 heteroatoms. The van der Waals surface area contributed by atoms with Crippen molar-refractivity contribution in [1.29, 1.82) is 0 Å². The summed E-state index contributed by atoms with van der Waals surface area (Å²) in [6, 6.07) is 0. The summed E-state index contributed by atoms with van der Waals surface area (Å²) in [5.74, 6) is 0. The second-order valence-electron chi connectivity index (χ2n) is 3.34. The average molecular weight is 231 g/mol. The zero-order valence-electron chi connectivity index (χ0n) is 9.19. The summed E-state index contributed by atoms with van der Waals surface area (Å²) in [4.78, 5) is 0. The number of hydrogen-bond acceptors (Lipinski definition) is 1. The predicted molar refractivity (Wildman–Crippen MR) is 55.3 cm³/mol. The maximum absolute atomic E-state index is 9.75. The Bertz CT molecular complexity index is 105. The van der Waals surface area contributed by atoms with E-state index in [2.05, 4.69) is 6.92 Å². The topological polar surface area (TPSA) is 20.2 Å². The SMILES string of the molecule is CCCCCCCCCO.F[B-](F)(F)F. The molecule has 0 spiro atoms. The van der Waals surface area contributed by atoms with Crippen molar-refractivity contribution in [3.05, 3.63) is 0 Å². The predicted octanol–water partition coefficient (Wildman–Crippen LogP) is 4.03. The zero-order valence-corrected chi connectivity index (χ0v) is 9.19. The molecule has 0 aromatic rings. The standard InChI is InChI=1S/C9H20O.BF4/c1-2-3-4-5-6-7-8-9-10;2-1(3,4)5/h10H,2-9H2,1H3;/q;-1. The van der Waals surface area contributed by atoms with Crippen LogP contribution in [-0.4, -0.2) is 19.0 Å². The molecule has 0 amide bonds. The van der Waals surface area contributed by atoms with Gasteiger partial charge in [0.05, 0.1) is 0 Å². The molecule has 0 aromatic carbocycles. The first-order valence-corrected chi connectivity index (χ1v) is 5.40. The first-order valence-electron chi connectivity index (χ1n) is 5.40. The first-order chi connectivity index (χ1) is 6.91. The number of aliphatic hydroxyl groups is 1. The lowest BCUT2D eigenvalue weighted by Gasteiger charge is -1.97. The number of halogens is 4. The molecular formula is C9H20BF4O-. The third-order valence-corrected chi connectivity index (χ3v) is 1.76. The fourth-order valence-electron chi connectivity index (χ4n) is 1.07. The Balaban J connectivity index is 0. The van der Waals surface area contributed by atoms with Crippen LogP contribution in [0.4, 0.5) is 17.3 Å². The average Bonchev–Trinajstić information content (AvgIpc) is 2.08. The normalized spacial score (nSPS) is 10.8. The van der Waals surface area contributed by atoms with Gasteiger partial charge >= 0.3 is 7.25 Å². The molecule has 0 aromatic heterocycles. The molecular weight excluding hydrogens is 211 g/mol. The van der Waals surface area contributed by atoms with E-state index < -0.39 is 7.25 Å². The monoisotopic (exact) mass is 231 g/mol. The van der Waals surface area contributed by atoms with Gasteiger partial charge in [0.25, 0.3) is 0 Å². The van der Waals surface area contributed by atoms with Crippen LogP contribution in [0.3, 0.4) is 0 Å². The van der Waals surface area contributed by atoms with Crippen molar-refractivity contribution >= 4 is 7.25 Å². The van der Waals surface area contributed by atoms with Crippen LogP contribution in [0.2, 0.25) is 0 Å². The molecule has 0 saturated carbocycles. The molecule has 0 saturated heterocycles. The molecule has 0 heterocycles. The van der Waals surface area contributed by atoms with Gasteiger partial charge in [-0.2, -0.15) is 0 Å². The van der Waals surface area contributed by atoms with Gasteiger partial charge in [0.2, 0.25) is 0 Å². The van der Waals surface area contributed by atoms with Crippen molar-refractivity contribution in [1.82, 2.24) is 0 Å². The molecule has 0 aliphatic heterocycles. The Morgan fingerprint density at radius 1 is 0.800 bits per heavy atom. The smallest absolute Gasteiger partial charge is 0.418 e. The number of unbranched alkanes of at least 4 members (excludes halogenated alkanes) is 6. The van der Waals surface area contributed by atoms with E-state index in [1.807, 2.05) is 0 Å². The molecule has 1 N–H and O–H groups in total. The molecule has 0 aliphatic rings. The summed E-state index contributed by atoms with van der Waals surface area (Å²) in [7, 11) is -6.00. The van der Waals surface area contributed by atoms with E-state index in [-0.39, 0.29) is 0 Å². The Labute approximate surface area is 89.0 Å². The van der Waals surface area contributed by atoms with Gasteiger partial charge in [0, 0.05) is 6.61 Å². The van der Waals surface area contributed by atoms with Gasteiger partial charge < -0.3 is 22.4 Å². The lowest BCUT2D eigenvalue weighted by Crippen LogP contribution is -2.02. The summed E-state index contributed by atoms with van der Waals surface area (Å²) < 4.78 is 39.0. The Morgan fingerprint density at radius 2 is 1.13 bits per heavy atom. The Kier molecular flexibility index (Phi) is 13.5. The van der Waals surface area contributed by atoms with Gasteiger partial charge in [-0.15, -0.1) is 0 Å². The number of hydrogen-bond donors (Lipinski definition) is 1. The molecule has 0 aliphatic carbocycles. The van der Waals surface area contributed by atoms with Gasteiger partial charge in [-0.1, -0.05) is 45.4 Å². The van der Waals surface area contributed by atoms with Crippen LogP contribution < -0.4 is 0 Å². The van der Waals surface area contributed by atoms with Crippen molar-refractivity contribution in [2.75, 3.05) is 6.61 Å². The molecule has 0 rings (SSSR count). The van der Waals surface area contributed by atoms with Crippen LogP contribution in [0.15, 0.2) is 0 Å². The van der Waals surface area contributed by atoms with Crippen molar-refractivity contribution < 1.29 is 22.4 Å². The summed E-state index contributed by atoms with van der Waals surface area (Å²) in [5.41, 5.74) is 0. The maximum atomic E-state index is 9.75. The largest absolute Gasteiger partial charge is 0.673 e. The van der Waals surface area contributed by atoms with E-state index in [9.17, 15) is 17.3 Å². The third-order valence-electron chi connectivity index (χ3n) is 1.76. The van der Waals surface area contributed by atoms with Gasteiger partial charge in [-0.3, -0.25) is 0 Å². The highest BCUT2D eigenvalue weighted by atomic mass is 19.5. The zero-order chi connectivity index (χ0) is 12.2. The molecule has 0 unspecified atom stereocenters.